The predicted octanol–water partition coefficient (Wildman–Crippen LogP) is 1.47. The zero-order chi connectivity index (χ0) is 21.4. The van der Waals surface area contributed by atoms with Crippen LogP contribution < -0.4 is 21.5 Å². The first-order valence-corrected chi connectivity index (χ1v) is 10.1. The van der Waals surface area contributed by atoms with Crippen LogP contribution in [-0.2, 0) is 16.0 Å². The maximum Gasteiger partial charge on any atom is 0.325 e. The number of aryl methyl sites for hydroxylation is 1. The molecule has 1 aliphatic heterocycles. The van der Waals surface area contributed by atoms with E-state index in [0.717, 1.165) is 16.9 Å². The number of carbonyl (C=O) groups is 3. The van der Waals surface area contributed by atoms with E-state index in [9.17, 15) is 14.4 Å². The van der Waals surface area contributed by atoms with Gasteiger partial charge in [0.1, 0.15) is 12.1 Å². The second kappa shape index (κ2) is 10.2. The monoisotopic (exact) mass is 419 g/mol. The van der Waals surface area contributed by atoms with Gasteiger partial charge in [0.2, 0.25) is 0 Å². The van der Waals surface area contributed by atoms with E-state index < -0.39 is 23.4 Å². The lowest BCUT2D eigenvalue weighted by atomic mass is 9.93. The number of nitrogens with zero attached hydrogens (tertiary/aromatic N) is 1. The molecule has 0 spiro atoms. The second-order valence-electron chi connectivity index (χ2n) is 7.75. The van der Waals surface area contributed by atoms with Gasteiger partial charge in [0.05, 0.1) is 0 Å². The summed E-state index contributed by atoms with van der Waals surface area (Å²) in [5.41, 5.74) is 5.03. The lowest BCUT2D eigenvalue weighted by Gasteiger charge is -2.21. The minimum atomic E-state index is -1.03. The molecule has 1 saturated heterocycles. The molecule has 158 valence electrons. The fraction of sp³-hybridized carbons (Fsp3) is 0.500. The molecule has 2 rings (SSSR count). The van der Waals surface area contributed by atoms with Crippen LogP contribution in [0.2, 0.25) is 0 Å². The minimum Gasteiger partial charge on any atom is -0.361 e. The van der Waals surface area contributed by atoms with Gasteiger partial charge in [-0.2, -0.15) is 0 Å². The quantitative estimate of drug-likeness (QED) is 0.289. The van der Waals surface area contributed by atoms with Gasteiger partial charge < -0.3 is 10.6 Å². The van der Waals surface area contributed by atoms with Crippen molar-refractivity contribution in [1.82, 2.24) is 26.4 Å². The molecule has 4 amide bonds. The number of nitrogens with one attached hydrogen (secondary N) is 4. The maximum absolute atomic E-state index is 12.7. The molecule has 1 aromatic rings. The Bertz CT molecular complexity index is 756. The zero-order valence-electron chi connectivity index (χ0n) is 17.1. The van der Waals surface area contributed by atoms with Crippen LogP contribution in [0.25, 0.3) is 0 Å². The molecule has 1 atom stereocenters. The average molecular weight is 420 g/mol. The summed E-state index contributed by atoms with van der Waals surface area (Å²) in [6, 6.07) is 9.15. The number of urea groups is 1. The summed E-state index contributed by atoms with van der Waals surface area (Å²) in [4.78, 5) is 38.0. The molecule has 4 N–H and O–H groups in total. The molecular weight excluding hydrogens is 390 g/mol. The molecule has 1 aromatic carbocycles. The molecule has 0 bridgehead atoms. The molecular formula is C20H29N5O3S. The Hall–Kier alpha value is -2.68. The van der Waals surface area contributed by atoms with E-state index in [0.29, 0.717) is 25.3 Å². The standard InChI is InChI=1S/C20H29N5O3S/c1-14(2)10-12-21-18(29)24-23-16(26)13-25-17(27)20(3,22-19(25)28)11-9-15-7-5-4-6-8-15/h4-8,14H,9-13H2,1-3H3,(H,22,28)(H,23,26)(H2,21,24,29)/t20-/m0/s1. The van der Waals surface area contributed by atoms with Crippen LogP contribution in [0.3, 0.4) is 0 Å². The van der Waals surface area contributed by atoms with Crippen molar-refractivity contribution in [3.8, 4) is 0 Å². The van der Waals surface area contributed by atoms with Gasteiger partial charge in [-0.1, -0.05) is 44.2 Å². The SMILES string of the molecule is CC(C)CCNC(=S)NNC(=O)CN1C(=O)N[C@@](C)(CCc2ccccc2)C1=O. The van der Waals surface area contributed by atoms with E-state index in [1.54, 1.807) is 6.92 Å². The van der Waals surface area contributed by atoms with Crippen LogP contribution in [0.5, 0.6) is 0 Å². The molecule has 8 nitrogen and oxygen atoms in total. The highest BCUT2D eigenvalue weighted by molar-refractivity contribution is 7.80. The first kappa shape index (κ1) is 22.6. The molecule has 9 heteroatoms. The van der Waals surface area contributed by atoms with Crippen LogP contribution in [-0.4, -0.2) is 46.5 Å². The number of hydrogen-bond donors (Lipinski definition) is 4. The van der Waals surface area contributed by atoms with E-state index in [1.807, 2.05) is 30.3 Å². The average Bonchev–Trinajstić information content (AvgIpc) is 2.89. The molecule has 29 heavy (non-hydrogen) atoms. The van der Waals surface area contributed by atoms with Gasteiger partial charge in [0, 0.05) is 6.54 Å². The van der Waals surface area contributed by atoms with Crippen molar-refractivity contribution >= 4 is 35.2 Å². The Balaban J connectivity index is 1.81. The Kier molecular flexibility index (Phi) is 7.95. The third kappa shape index (κ3) is 6.70. The van der Waals surface area contributed by atoms with Crippen molar-refractivity contribution in [2.75, 3.05) is 13.1 Å². The van der Waals surface area contributed by atoms with Crippen molar-refractivity contribution in [1.29, 1.82) is 0 Å². The van der Waals surface area contributed by atoms with Gasteiger partial charge in [-0.15, -0.1) is 0 Å². The molecule has 0 aliphatic carbocycles. The number of carbonyl (C=O) groups excluding carboxylic acids is 3. The van der Waals surface area contributed by atoms with Crippen LogP contribution in [0, 0.1) is 5.92 Å². The normalized spacial score (nSPS) is 18.6. The number of rotatable bonds is 8. The van der Waals surface area contributed by atoms with Gasteiger partial charge in [-0.05, 0) is 49.9 Å². The predicted molar refractivity (Wildman–Crippen MR) is 115 cm³/mol. The van der Waals surface area contributed by atoms with Gasteiger partial charge >= 0.3 is 6.03 Å². The van der Waals surface area contributed by atoms with E-state index in [-0.39, 0.29) is 11.7 Å². The lowest BCUT2D eigenvalue weighted by Crippen LogP contribution is -2.51. The largest absolute Gasteiger partial charge is 0.361 e. The Morgan fingerprint density at radius 2 is 1.90 bits per heavy atom. The first-order chi connectivity index (χ1) is 13.7. The minimum absolute atomic E-state index is 0.281. The summed E-state index contributed by atoms with van der Waals surface area (Å²) in [6.07, 6.45) is 2.03. The topological polar surface area (TPSA) is 103 Å². The van der Waals surface area contributed by atoms with E-state index in [4.69, 9.17) is 12.2 Å². The Labute approximate surface area is 176 Å². The van der Waals surface area contributed by atoms with E-state index in [1.165, 1.54) is 0 Å². The number of benzene rings is 1. The maximum atomic E-state index is 12.7. The summed E-state index contributed by atoms with van der Waals surface area (Å²) in [6.45, 7) is 6.19. The number of amides is 4. The molecule has 1 heterocycles. The molecule has 1 fully saturated rings. The van der Waals surface area contributed by atoms with Crippen molar-refractivity contribution in [3.63, 3.8) is 0 Å². The Morgan fingerprint density at radius 3 is 2.55 bits per heavy atom. The highest BCUT2D eigenvalue weighted by atomic mass is 32.1. The number of imide groups is 1. The summed E-state index contributed by atoms with van der Waals surface area (Å²) >= 11 is 5.07. The summed E-state index contributed by atoms with van der Waals surface area (Å²) in [7, 11) is 0. The van der Waals surface area contributed by atoms with E-state index >= 15 is 0 Å². The van der Waals surface area contributed by atoms with Crippen molar-refractivity contribution in [3.05, 3.63) is 35.9 Å². The van der Waals surface area contributed by atoms with Crippen LogP contribution in [0.15, 0.2) is 30.3 Å². The third-order valence-electron chi connectivity index (χ3n) is 4.73. The van der Waals surface area contributed by atoms with Crippen LogP contribution >= 0.6 is 12.2 Å². The number of hydrazine groups is 1. The van der Waals surface area contributed by atoms with Crippen LogP contribution in [0.4, 0.5) is 4.79 Å². The summed E-state index contributed by atoms with van der Waals surface area (Å²) < 4.78 is 0. The van der Waals surface area contributed by atoms with Crippen LogP contribution in [0.1, 0.15) is 39.2 Å². The highest BCUT2D eigenvalue weighted by Crippen LogP contribution is 2.23. The third-order valence-corrected chi connectivity index (χ3v) is 4.97. The first-order valence-electron chi connectivity index (χ1n) is 9.72. The lowest BCUT2D eigenvalue weighted by molar-refractivity contribution is -0.134. The fourth-order valence-electron chi connectivity index (χ4n) is 2.93. The zero-order valence-corrected chi connectivity index (χ0v) is 17.9. The molecule has 1 aliphatic rings. The van der Waals surface area contributed by atoms with Gasteiger partial charge in [0.25, 0.3) is 11.8 Å². The fourth-order valence-corrected chi connectivity index (χ4v) is 3.08. The highest BCUT2D eigenvalue weighted by Gasteiger charge is 2.47. The number of hydrogen-bond acceptors (Lipinski definition) is 4. The van der Waals surface area contributed by atoms with Crippen molar-refractivity contribution in [2.45, 2.75) is 45.6 Å². The van der Waals surface area contributed by atoms with Gasteiger partial charge in [0.15, 0.2) is 5.11 Å². The van der Waals surface area contributed by atoms with Crippen molar-refractivity contribution in [2.24, 2.45) is 5.92 Å². The summed E-state index contributed by atoms with van der Waals surface area (Å²) in [5.74, 6) is -0.407. The van der Waals surface area contributed by atoms with Gasteiger partial charge in [-0.3, -0.25) is 25.3 Å². The number of thiocarbonyl (C=S) groups is 1. The van der Waals surface area contributed by atoms with E-state index in [2.05, 4.69) is 35.3 Å². The molecule has 0 saturated carbocycles. The summed E-state index contributed by atoms with van der Waals surface area (Å²) in [5, 5.41) is 5.96. The Morgan fingerprint density at radius 1 is 1.21 bits per heavy atom. The molecule has 0 unspecified atom stereocenters. The molecule has 0 radical (unpaired) electrons. The smallest absolute Gasteiger partial charge is 0.325 e. The molecule has 0 aromatic heterocycles. The second-order valence-corrected chi connectivity index (χ2v) is 8.16. The van der Waals surface area contributed by atoms with Crippen molar-refractivity contribution < 1.29 is 14.4 Å². The van der Waals surface area contributed by atoms with Gasteiger partial charge in [-0.25, -0.2) is 4.79 Å².